The summed E-state index contributed by atoms with van der Waals surface area (Å²) in [4.78, 5) is 0. The van der Waals surface area contributed by atoms with E-state index in [1.54, 1.807) is 6.07 Å². The fourth-order valence-corrected chi connectivity index (χ4v) is 3.99. The van der Waals surface area contributed by atoms with Crippen molar-refractivity contribution >= 4 is 9.84 Å². The van der Waals surface area contributed by atoms with E-state index in [-0.39, 0.29) is 18.2 Å². The first-order chi connectivity index (χ1) is 12.4. The van der Waals surface area contributed by atoms with Crippen LogP contribution in [0.3, 0.4) is 0 Å². The first-order valence-corrected chi connectivity index (χ1v) is 10.8. The molecular formula is C20H23FO4S. The van der Waals surface area contributed by atoms with Gasteiger partial charge < -0.3 is 9.84 Å². The Bertz CT molecular complexity index is 906. The van der Waals surface area contributed by atoms with Gasteiger partial charge in [-0.3, -0.25) is 0 Å². The first-order valence-electron chi connectivity index (χ1n) is 8.73. The molecule has 0 atom stereocenters. The van der Waals surface area contributed by atoms with Crippen molar-refractivity contribution in [1.29, 1.82) is 0 Å². The van der Waals surface area contributed by atoms with Gasteiger partial charge in [-0.2, -0.15) is 0 Å². The highest BCUT2D eigenvalue weighted by Crippen LogP contribution is 2.36. The number of aliphatic hydroxyl groups excluding tert-OH is 1. The van der Waals surface area contributed by atoms with E-state index >= 15 is 0 Å². The lowest BCUT2D eigenvalue weighted by molar-refractivity contribution is 0.275. The molecule has 26 heavy (non-hydrogen) atoms. The average molecular weight is 378 g/mol. The number of halogens is 1. The quantitative estimate of drug-likeness (QED) is 0.784. The second-order valence-electron chi connectivity index (χ2n) is 6.76. The predicted octanol–water partition coefficient (Wildman–Crippen LogP) is 3.29. The maximum atomic E-state index is 14.0. The van der Waals surface area contributed by atoms with Crippen LogP contribution in [0.15, 0.2) is 30.3 Å². The zero-order valence-electron chi connectivity index (χ0n) is 14.8. The Morgan fingerprint density at radius 1 is 1.12 bits per heavy atom. The Morgan fingerprint density at radius 3 is 2.54 bits per heavy atom. The van der Waals surface area contributed by atoms with Crippen molar-refractivity contribution in [1.82, 2.24) is 0 Å². The number of hydrogen-bond acceptors (Lipinski definition) is 4. The second-order valence-corrected chi connectivity index (χ2v) is 9.02. The van der Waals surface area contributed by atoms with E-state index in [4.69, 9.17) is 4.74 Å². The molecule has 0 aliphatic heterocycles. The molecular weight excluding hydrogens is 355 g/mol. The Hall–Kier alpha value is -1.92. The van der Waals surface area contributed by atoms with Gasteiger partial charge in [0.05, 0.1) is 19.0 Å². The summed E-state index contributed by atoms with van der Waals surface area (Å²) in [6.07, 6.45) is 4.24. The van der Waals surface area contributed by atoms with Gasteiger partial charge in [0, 0.05) is 11.8 Å². The van der Waals surface area contributed by atoms with Crippen LogP contribution < -0.4 is 4.74 Å². The Kier molecular flexibility index (Phi) is 5.63. The number of aryl methyl sites for hydroxylation is 2. The lowest BCUT2D eigenvalue weighted by atomic mass is 9.94. The minimum atomic E-state index is -2.97. The van der Waals surface area contributed by atoms with Gasteiger partial charge in [0.1, 0.15) is 21.4 Å². The summed E-state index contributed by atoms with van der Waals surface area (Å²) in [5.74, 6) is 0.464. The van der Waals surface area contributed by atoms with Crippen LogP contribution in [0.5, 0.6) is 5.75 Å². The number of sulfone groups is 1. The van der Waals surface area contributed by atoms with Crippen molar-refractivity contribution in [2.24, 2.45) is 0 Å². The Morgan fingerprint density at radius 2 is 1.85 bits per heavy atom. The molecule has 0 heterocycles. The molecule has 0 radical (unpaired) electrons. The zero-order chi connectivity index (χ0) is 18.7. The molecule has 3 rings (SSSR count). The molecule has 2 aromatic carbocycles. The second kappa shape index (κ2) is 7.76. The van der Waals surface area contributed by atoms with Crippen LogP contribution in [0, 0.1) is 5.82 Å². The van der Waals surface area contributed by atoms with Crippen LogP contribution in [-0.2, 0) is 29.3 Å². The van der Waals surface area contributed by atoms with E-state index in [9.17, 15) is 17.9 Å². The molecule has 1 N–H and O–H groups in total. The van der Waals surface area contributed by atoms with Crippen molar-refractivity contribution in [3.05, 3.63) is 52.8 Å². The molecule has 0 unspecified atom stereocenters. The molecule has 0 spiro atoms. The highest BCUT2D eigenvalue weighted by atomic mass is 32.2. The molecule has 140 valence electrons. The molecule has 0 aromatic heterocycles. The highest BCUT2D eigenvalue weighted by molar-refractivity contribution is 7.90. The maximum Gasteiger partial charge on any atom is 0.147 e. The fourth-order valence-electron chi connectivity index (χ4n) is 3.35. The lowest BCUT2D eigenvalue weighted by Gasteiger charge is -2.14. The first kappa shape index (κ1) is 18.9. The van der Waals surface area contributed by atoms with Crippen LogP contribution in [-0.4, -0.2) is 32.1 Å². The van der Waals surface area contributed by atoms with E-state index in [1.165, 1.54) is 12.3 Å². The SMILES string of the molecule is CS(=O)(=O)CCCOc1ccc2c(c1)CCCc1cc(F)c(CO)cc1-2. The third kappa shape index (κ3) is 4.43. The molecule has 0 saturated heterocycles. The van der Waals surface area contributed by atoms with Gasteiger partial charge in [0.25, 0.3) is 0 Å². The molecule has 6 heteroatoms. The molecule has 0 amide bonds. The topological polar surface area (TPSA) is 63.6 Å². The number of aliphatic hydroxyl groups is 1. The Labute approximate surface area is 153 Å². The molecule has 1 aliphatic rings. The Balaban J connectivity index is 1.83. The highest BCUT2D eigenvalue weighted by Gasteiger charge is 2.18. The summed E-state index contributed by atoms with van der Waals surface area (Å²) < 4.78 is 42.0. The zero-order valence-corrected chi connectivity index (χ0v) is 15.6. The van der Waals surface area contributed by atoms with Crippen molar-refractivity contribution in [3.63, 3.8) is 0 Å². The van der Waals surface area contributed by atoms with Crippen LogP contribution in [0.4, 0.5) is 4.39 Å². The minimum Gasteiger partial charge on any atom is -0.494 e. The number of benzene rings is 2. The number of hydrogen-bond donors (Lipinski definition) is 1. The van der Waals surface area contributed by atoms with Crippen molar-refractivity contribution in [3.8, 4) is 16.9 Å². The summed E-state index contributed by atoms with van der Waals surface area (Å²) in [6.45, 7) is 0.0261. The standard InChI is InChI=1S/C20H23FO4S/c1-26(23,24)9-3-8-25-17-6-7-18-14(10-17)4-2-5-15-12-20(21)16(13-22)11-19(15)18/h6-7,10-12,22H,2-5,8-9,13H2,1H3. The summed E-state index contributed by atoms with van der Waals surface area (Å²) in [7, 11) is -2.97. The maximum absolute atomic E-state index is 14.0. The largest absolute Gasteiger partial charge is 0.494 e. The third-order valence-electron chi connectivity index (χ3n) is 4.63. The molecule has 2 aromatic rings. The lowest BCUT2D eigenvalue weighted by Crippen LogP contribution is -2.08. The summed E-state index contributed by atoms with van der Waals surface area (Å²) >= 11 is 0. The smallest absolute Gasteiger partial charge is 0.147 e. The van der Waals surface area contributed by atoms with Gasteiger partial charge in [-0.25, -0.2) is 12.8 Å². The normalized spacial score (nSPS) is 13.7. The molecule has 4 nitrogen and oxygen atoms in total. The van der Waals surface area contributed by atoms with Gasteiger partial charge in [0.15, 0.2) is 0 Å². The van der Waals surface area contributed by atoms with Crippen LogP contribution >= 0.6 is 0 Å². The van der Waals surface area contributed by atoms with E-state index in [2.05, 4.69) is 0 Å². The fraction of sp³-hybridized carbons (Fsp3) is 0.400. The number of fused-ring (bicyclic) bond motifs is 3. The molecule has 0 fully saturated rings. The van der Waals surface area contributed by atoms with Gasteiger partial charge in [-0.05, 0) is 72.2 Å². The number of ether oxygens (including phenoxy) is 1. The van der Waals surface area contributed by atoms with E-state index in [0.29, 0.717) is 24.3 Å². The van der Waals surface area contributed by atoms with Crippen molar-refractivity contribution in [2.45, 2.75) is 32.3 Å². The van der Waals surface area contributed by atoms with Gasteiger partial charge in [-0.1, -0.05) is 6.07 Å². The van der Waals surface area contributed by atoms with E-state index in [0.717, 1.165) is 41.5 Å². The summed E-state index contributed by atoms with van der Waals surface area (Å²) in [5.41, 5.74) is 4.39. The predicted molar refractivity (Wildman–Crippen MR) is 99.6 cm³/mol. The van der Waals surface area contributed by atoms with Crippen molar-refractivity contribution < 1.29 is 22.7 Å². The minimum absolute atomic E-state index is 0.112. The monoisotopic (exact) mass is 378 g/mol. The summed E-state index contributed by atoms with van der Waals surface area (Å²) in [6, 6.07) is 9.07. The average Bonchev–Trinajstić information content (AvgIpc) is 2.75. The van der Waals surface area contributed by atoms with Gasteiger partial charge in [0.2, 0.25) is 0 Å². The van der Waals surface area contributed by atoms with Crippen LogP contribution in [0.1, 0.15) is 29.5 Å². The third-order valence-corrected chi connectivity index (χ3v) is 5.66. The van der Waals surface area contributed by atoms with Gasteiger partial charge in [-0.15, -0.1) is 0 Å². The molecule has 0 saturated carbocycles. The summed E-state index contributed by atoms with van der Waals surface area (Å²) in [5, 5.41) is 9.36. The van der Waals surface area contributed by atoms with E-state index < -0.39 is 9.84 Å². The van der Waals surface area contributed by atoms with E-state index in [1.807, 2.05) is 18.2 Å². The van der Waals surface area contributed by atoms with Crippen molar-refractivity contribution in [2.75, 3.05) is 18.6 Å². The van der Waals surface area contributed by atoms with Crippen LogP contribution in [0.25, 0.3) is 11.1 Å². The van der Waals surface area contributed by atoms with Gasteiger partial charge >= 0.3 is 0 Å². The van der Waals surface area contributed by atoms with Crippen LogP contribution in [0.2, 0.25) is 0 Å². The molecule has 0 bridgehead atoms. The number of rotatable bonds is 6. The molecule has 1 aliphatic carbocycles.